The minimum Gasteiger partial charge on any atom is -0.351 e. The Hall–Kier alpha value is -3.35. The van der Waals surface area contributed by atoms with Crippen LogP contribution in [-0.4, -0.2) is 43.3 Å². The van der Waals surface area contributed by atoms with E-state index in [1.165, 1.54) is 5.56 Å². The van der Waals surface area contributed by atoms with Crippen LogP contribution in [0.25, 0.3) is 0 Å². The minimum atomic E-state index is -0.0479. The summed E-state index contributed by atoms with van der Waals surface area (Å²) in [6, 6.07) is 26.7. The van der Waals surface area contributed by atoms with Gasteiger partial charge < -0.3 is 20.9 Å². The van der Waals surface area contributed by atoms with Crippen LogP contribution in [0.4, 0.5) is 11.4 Å². The van der Waals surface area contributed by atoms with Gasteiger partial charge in [-0.1, -0.05) is 60.7 Å². The molecule has 6 rings (SSSR count). The average molecular weight is 454 g/mol. The fourth-order valence-corrected chi connectivity index (χ4v) is 5.60. The lowest BCUT2D eigenvalue weighted by Crippen LogP contribution is -2.49. The van der Waals surface area contributed by atoms with Crippen LogP contribution >= 0.6 is 0 Å². The van der Waals surface area contributed by atoms with Gasteiger partial charge in [0.05, 0.1) is 11.4 Å². The largest absolute Gasteiger partial charge is 0.351 e. The van der Waals surface area contributed by atoms with Crippen molar-refractivity contribution in [3.63, 3.8) is 0 Å². The standard InChI is InChI=1S/C28H31N5O/c34-27(30-14-20-7-3-1-4-8-20)22-11-12-26-25(13-22)31-28(32-18-23-15-29-16-24(23)19-32)33(26)17-21-9-5-2-6-10-21/h1-13,23-24,28-29,31H,14-19H2,(H,30,34). The number of nitrogens with one attached hydrogen (secondary N) is 3. The molecule has 3 aliphatic heterocycles. The maximum Gasteiger partial charge on any atom is 0.251 e. The molecule has 0 saturated carbocycles. The molecular weight excluding hydrogens is 422 g/mol. The number of anilines is 2. The second-order valence-corrected chi connectivity index (χ2v) is 9.66. The summed E-state index contributed by atoms with van der Waals surface area (Å²) in [6.45, 7) is 5.78. The fraction of sp³-hybridized carbons (Fsp3) is 0.321. The van der Waals surface area contributed by atoms with Crippen LogP contribution in [0.15, 0.2) is 78.9 Å². The smallest absolute Gasteiger partial charge is 0.251 e. The summed E-state index contributed by atoms with van der Waals surface area (Å²) in [4.78, 5) is 17.9. The van der Waals surface area contributed by atoms with Crippen LogP contribution < -0.4 is 20.9 Å². The fourth-order valence-electron chi connectivity index (χ4n) is 5.60. The number of fused-ring (bicyclic) bond motifs is 2. The first-order valence-electron chi connectivity index (χ1n) is 12.2. The molecule has 3 aromatic rings. The molecule has 3 aliphatic rings. The van der Waals surface area contributed by atoms with Crippen molar-refractivity contribution in [1.82, 2.24) is 15.5 Å². The van der Waals surface area contributed by atoms with Crippen molar-refractivity contribution in [3.05, 3.63) is 95.6 Å². The Morgan fingerprint density at radius 3 is 2.26 bits per heavy atom. The first kappa shape index (κ1) is 21.2. The number of nitrogens with zero attached hydrogens (tertiary/aromatic N) is 2. The lowest BCUT2D eigenvalue weighted by molar-refractivity contribution is 0.0951. The molecule has 174 valence electrons. The van der Waals surface area contributed by atoms with Gasteiger partial charge in [0.15, 0.2) is 6.29 Å². The average Bonchev–Trinajstić information content (AvgIpc) is 3.57. The molecule has 2 fully saturated rings. The van der Waals surface area contributed by atoms with Gasteiger partial charge in [-0.15, -0.1) is 0 Å². The molecule has 0 aromatic heterocycles. The van der Waals surface area contributed by atoms with E-state index in [0.717, 1.165) is 61.5 Å². The van der Waals surface area contributed by atoms with E-state index in [9.17, 15) is 4.79 Å². The van der Waals surface area contributed by atoms with Gasteiger partial charge in [-0.3, -0.25) is 9.69 Å². The van der Waals surface area contributed by atoms with E-state index in [0.29, 0.717) is 12.1 Å². The number of carbonyl (C=O) groups is 1. The summed E-state index contributed by atoms with van der Waals surface area (Å²) in [6.07, 6.45) is 0.100. The first-order valence-corrected chi connectivity index (χ1v) is 12.2. The highest BCUT2D eigenvalue weighted by molar-refractivity contribution is 5.97. The van der Waals surface area contributed by atoms with E-state index in [-0.39, 0.29) is 12.2 Å². The Labute approximate surface area is 201 Å². The van der Waals surface area contributed by atoms with Gasteiger partial charge in [0.2, 0.25) is 0 Å². The number of rotatable bonds is 6. The van der Waals surface area contributed by atoms with E-state index >= 15 is 0 Å². The molecule has 0 spiro atoms. The van der Waals surface area contributed by atoms with E-state index in [2.05, 4.69) is 62.1 Å². The van der Waals surface area contributed by atoms with Crippen molar-refractivity contribution in [3.8, 4) is 0 Å². The Morgan fingerprint density at radius 2 is 1.56 bits per heavy atom. The normalized spacial score (nSPS) is 23.4. The van der Waals surface area contributed by atoms with Crippen molar-refractivity contribution >= 4 is 17.3 Å². The first-order chi connectivity index (χ1) is 16.7. The Bertz CT molecular complexity index is 1140. The van der Waals surface area contributed by atoms with Gasteiger partial charge in [0.25, 0.3) is 5.91 Å². The molecule has 1 amide bonds. The van der Waals surface area contributed by atoms with Gasteiger partial charge in [0.1, 0.15) is 0 Å². The summed E-state index contributed by atoms with van der Waals surface area (Å²) < 4.78 is 0. The molecule has 0 radical (unpaired) electrons. The maximum atomic E-state index is 12.9. The molecule has 2 saturated heterocycles. The summed E-state index contributed by atoms with van der Waals surface area (Å²) >= 11 is 0. The van der Waals surface area contributed by atoms with Crippen molar-refractivity contribution in [2.45, 2.75) is 19.4 Å². The zero-order valence-corrected chi connectivity index (χ0v) is 19.3. The third-order valence-corrected chi connectivity index (χ3v) is 7.40. The maximum absolute atomic E-state index is 12.9. The van der Waals surface area contributed by atoms with Gasteiger partial charge in [0, 0.05) is 31.7 Å². The molecule has 0 aliphatic carbocycles. The van der Waals surface area contributed by atoms with Crippen molar-refractivity contribution in [1.29, 1.82) is 0 Å². The second-order valence-electron chi connectivity index (χ2n) is 9.66. The molecule has 3 N–H and O–H groups in total. The van der Waals surface area contributed by atoms with Crippen LogP contribution in [0.2, 0.25) is 0 Å². The zero-order valence-electron chi connectivity index (χ0n) is 19.3. The van der Waals surface area contributed by atoms with Crippen LogP contribution in [0.1, 0.15) is 21.5 Å². The van der Waals surface area contributed by atoms with E-state index in [1.807, 2.05) is 42.5 Å². The summed E-state index contributed by atoms with van der Waals surface area (Å²) in [5.41, 5.74) is 5.25. The van der Waals surface area contributed by atoms with Crippen molar-refractivity contribution < 1.29 is 4.79 Å². The predicted molar refractivity (Wildman–Crippen MR) is 136 cm³/mol. The van der Waals surface area contributed by atoms with E-state index in [4.69, 9.17) is 0 Å². The topological polar surface area (TPSA) is 59.6 Å². The van der Waals surface area contributed by atoms with Crippen LogP contribution in [0.5, 0.6) is 0 Å². The highest BCUT2D eigenvalue weighted by atomic mass is 16.1. The third-order valence-electron chi connectivity index (χ3n) is 7.40. The van der Waals surface area contributed by atoms with Gasteiger partial charge >= 0.3 is 0 Å². The molecule has 34 heavy (non-hydrogen) atoms. The Kier molecular flexibility index (Phi) is 5.69. The highest BCUT2D eigenvalue weighted by Gasteiger charge is 2.42. The third kappa shape index (κ3) is 4.15. The van der Waals surface area contributed by atoms with E-state index in [1.54, 1.807) is 0 Å². The Balaban J connectivity index is 1.23. The van der Waals surface area contributed by atoms with Crippen molar-refractivity contribution in [2.75, 3.05) is 36.4 Å². The summed E-state index contributed by atoms with van der Waals surface area (Å²) in [5, 5.41) is 10.4. The number of carbonyl (C=O) groups excluding carboxylic acids is 1. The number of benzene rings is 3. The molecule has 3 atom stereocenters. The number of likely N-dealkylation sites (tertiary alicyclic amines) is 1. The van der Waals surface area contributed by atoms with Crippen LogP contribution in [0.3, 0.4) is 0 Å². The highest BCUT2D eigenvalue weighted by Crippen LogP contribution is 2.40. The lowest BCUT2D eigenvalue weighted by Gasteiger charge is -2.34. The number of amides is 1. The molecular formula is C28H31N5O. The molecule has 3 heterocycles. The van der Waals surface area contributed by atoms with Gasteiger partial charge in [-0.05, 0) is 54.3 Å². The minimum absolute atomic E-state index is 0.0479. The van der Waals surface area contributed by atoms with Crippen LogP contribution in [-0.2, 0) is 13.1 Å². The van der Waals surface area contributed by atoms with Crippen molar-refractivity contribution in [2.24, 2.45) is 11.8 Å². The lowest BCUT2D eigenvalue weighted by atomic mass is 10.0. The SMILES string of the molecule is O=C(NCc1ccccc1)c1ccc2c(c1)NC(N1CC3CNCC3C1)N2Cc1ccccc1. The summed E-state index contributed by atoms with van der Waals surface area (Å²) in [7, 11) is 0. The number of hydrogen-bond acceptors (Lipinski definition) is 5. The van der Waals surface area contributed by atoms with Gasteiger partial charge in [-0.25, -0.2) is 0 Å². The molecule has 3 aromatic carbocycles. The predicted octanol–water partition coefficient (Wildman–Crippen LogP) is 3.48. The zero-order chi connectivity index (χ0) is 22.9. The van der Waals surface area contributed by atoms with Gasteiger partial charge in [-0.2, -0.15) is 0 Å². The molecule has 6 heteroatoms. The molecule has 0 bridgehead atoms. The number of hydrogen-bond donors (Lipinski definition) is 3. The quantitative estimate of drug-likeness (QED) is 0.534. The summed E-state index contributed by atoms with van der Waals surface area (Å²) in [5.74, 6) is 1.40. The monoisotopic (exact) mass is 453 g/mol. The molecule has 6 nitrogen and oxygen atoms in total. The Morgan fingerprint density at radius 1 is 0.882 bits per heavy atom. The molecule has 3 unspecified atom stereocenters. The second kappa shape index (κ2) is 9.12. The van der Waals surface area contributed by atoms with Crippen LogP contribution in [0, 0.1) is 11.8 Å². The van der Waals surface area contributed by atoms with E-state index < -0.39 is 0 Å².